The first-order valence-corrected chi connectivity index (χ1v) is 11.0. The molecule has 0 unspecified atom stereocenters. The Balaban J connectivity index is 1.48. The molecule has 4 rings (SSSR count). The maximum Gasteiger partial charge on any atom is 0.333 e. The van der Waals surface area contributed by atoms with Gasteiger partial charge < -0.3 is 10.1 Å². The van der Waals surface area contributed by atoms with E-state index in [-0.39, 0.29) is 23.5 Å². The van der Waals surface area contributed by atoms with Crippen LogP contribution < -0.4 is 11.0 Å². The fourth-order valence-corrected chi connectivity index (χ4v) is 4.85. The van der Waals surface area contributed by atoms with E-state index in [1.165, 1.54) is 11.7 Å². The first-order valence-electron chi connectivity index (χ1n) is 11.0. The predicted octanol–water partition coefficient (Wildman–Crippen LogP) is 3.15. The molecule has 2 aromatic rings. The number of aromatic nitrogens is 2. The van der Waals surface area contributed by atoms with Gasteiger partial charge in [0.25, 0.3) is 0 Å². The highest BCUT2D eigenvalue weighted by molar-refractivity contribution is 5.69. The molecule has 2 heterocycles. The van der Waals surface area contributed by atoms with Crippen LogP contribution in [-0.4, -0.2) is 35.3 Å². The van der Waals surface area contributed by atoms with Gasteiger partial charge in [-0.2, -0.15) is 0 Å². The lowest BCUT2D eigenvalue weighted by atomic mass is 9.83. The molecule has 0 radical (unpaired) electrons. The molecule has 1 aliphatic heterocycles. The number of ether oxygens (including phenoxy) is 1. The predicted molar refractivity (Wildman–Crippen MR) is 113 cm³/mol. The van der Waals surface area contributed by atoms with Crippen molar-refractivity contribution >= 4 is 5.97 Å². The summed E-state index contributed by atoms with van der Waals surface area (Å²) in [6, 6.07) is 3.56. The highest BCUT2D eigenvalue weighted by atomic mass is 19.1. The van der Waals surface area contributed by atoms with Crippen LogP contribution in [0.4, 0.5) is 4.39 Å². The Morgan fingerprint density at radius 2 is 1.83 bits per heavy atom. The summed E-state index contributed by atoms with van der Waals surface area (Å²) in [5, 5.41) is 3.33. The minimum atomic E-state index is -0.345. The molecule has 6 nitrogen and oxygen atoms in total. The van der Waals surface area contributed by atoms with Crippen LogP contribution in [0, 0.1) is 11.7 Å². The standard InChI is InChI=1S/C23H30FN3O3/c1-30-22(28)7-4-16-2-5-19(6-3-16)26-12-13-27(23(26)29)21-15-18-9-11-25-10-8-17(18)14-20(21)24/h12-16,19,25H,2-11H2,1H3. The molecular formula is C23H30FN3O3. The third-order valence-electron chi connectivity index (χ3n) is 6.67. The van der Waals surface area contributed by atoms with E-state index in [0.717, 1.165) is 69.2 Å². The van der Waals surface area contributed by atoms with E-state index in [1.54, 1.807) is 23.0 Å². The van der Waals surface area contributed by atoms with Gasteiger partial charge in [0.05, 0.1) is 12.8 Å². The van der Waals surface area contributed by atoms with Gasteiger partial charge in [-0.15, -0.1) is 0 Å². The maximum absolute atomic E-state index is 14.8. The average molecular weight is 416 g/mol. The first-order chi connectivity index (χ1) is 14.6. The zero-order chi connectivity index (χ0) is 21.1. The minimum absolute atomic E-state index is 0.126. The summed E-state index contributed by atoms with van der Waals surface area (Å²) in [6.45, 7) is 1.72. The molecule has 0 atom stereocenters. The summed E-state index contributed by atoms with van der Waals surface area (Å²) in [6.07, 6.45) is 10.2. The van der Waals surface area contributed by atoms with Crippen molar-refractivity contribution in [1.82, 2.24) is 14.5 Å². The number of rotatable bonds is 5. The van der Waals surface area contributed by atoms with E-state index in [0.29, 0.717) is 18.0 Å². The van der Waals surface area contributed by atoms with Crippen molar-refractivity contribution in [3.05, 3.63) is 52.0 Å². The largest absolute Gasteiger partial charge is 0.469 e. The van der Waals surface area contributed by atoms with E-state index in [1.807, 2.05) is 6.07 Å². The van der Waals surface area contributed by atoms with E-state index in [4.69, 9.17) is 4.74 Å². The molecule has 1 aromatic carbocycles. The van der Waals surface area contributed by atoms with Crippen molar-refractivity contribution in [2.75, 3.05) is 20.2 Å². The number of hydrogen-bond donors (Lipinski definition) is 1. The molecule has 7 heteroatoms. The lowest BCUT2D eigenvalue weighted by Crippen LogP contribution is -2.29. The van der Waals surface area contributed by atoms with E-state index in [9.17, 15) is 14.0 Å². The Labute approximate surface area is 176 Å². The lowest BCUT2D eigenvalue weighted by molar-refractivity contribution is -0.141. The Hall–Kier alpha value is -2.41. The van der Waals surface area contributed by atoms with Gasteiger partial charge in [-0.05, 0) is 87.2 Å². The van der Waals surface area contributed by atoms with Crippen molar-refractivity contribution in [2.45, 2.75) is 57.4 Å². The van der Waals surface area contributed by atoms with E-state index >= 15 is 0 Å². The number of imidazole rings is 1. The molecular weight excluding hydrogens is 385 g/mol. The molecule has 0 amide bonds. The topological polar surface area (TPSA) is 65.3 Å². The number of nitrogens with zero attached hydrogens (tertiary/aromatic N) is 2. The highest BCUT2D eigenvalue weighted by Crippen LogP contribution is 2.34. The first kappa shape index (κ1) is 20.8. The van der Waals surface area contributed by atoms with Crippen LogP contribution >= 0.6 is 0 Å². The van der Waals surface area contributed by atoms with Crippen LogP contribution in [0.2, 0.25) is 0 Å². The molecule has 1 aliphatic carbocycles. The summed E-state index contributed by atoms with van der Waals surface area (Å²) < 4.78 is 22.7. The number of methoxy groups -OCH3 is 1. The second-order valence-corrected chi connectivity index (χ2v) is 8.47. The van der Waals surface area contributed by atoms with Gasteiger partial charge in [-0.1, -0.05) is 0 Å². The van der Waals surface area contributed by atoms with Crippen molar-refractivity contribution in [1.29, 1.82) is 0 Å². The van der Waals surface area contributed by atoms with Gasteiger partial charge in [0.15, 0.2) is 0 Å². The van der Waals surface area contributed by atoms with Crippen LogP contribution in [0.1, 0.15) is 55.7 Å². The van der Waals surface area contributed by atoms with Gasteiger partial charge in [0.2, 0.25) is 0 Å². The summed E-state index contributed by atoms with van der Waals surface area (Å²) in [4.78, 5) is 24.4. The number of carbonyl (C=O) groups excluding carboxylic acids is 1. The maximum atomic E-state index is 14.8. The molecule has 2 aliphatic rings. The fraction of sp³-hybridized carbons (Fsp3) is 0.565. The Morgan fingerprint density at radius 1 is 1.13 bits per heavy atom. The van der Waals surface area contributed by atoms with Gasteiger partial charge in [-0.3, -0.25) is 13.9 Å². The second-order valence-electron chi connectivity index (χ2n) is 8.47. The number of nitrogens with one attached hydrogen (secondary N) is 1. The summed E-state index contributed by atoms with van der Waals surface area (Å²) in [5.41, 5.74) is 2.30. The molecule has 1 saturated carbocycles. The molecule has 0 bridgehead atoms. The molecule has 1 fully saturated rings. The summed E-state index contributed by atoms with van der Waals surface area (Å²) in [7, 11) is 1.42. The highest BCUT2D eigenvalue weighted by Gasteiger charge is 2.25. The Bertz CT molecular complexity index is 957. The van der Waals surface area contributed by atoms with Gasteiger partial charge in [0, 0.05) is 24.9 Å². The Kier molecular flexibility index (Phi) is 6.37. The van der Waals surface area contributed by atoms with Crippen LogP contribution in [0.25, 0.3) is 5.69 Å². The fourth-order valence-electron chi connectivity index (χ4n) is 4.85. The normalized spacial score (nSPS) is 21.7. The number of hydrogen-bond acceptors (Lipinski definition) is 4. The second kappa shape index (κ2) is 9.16. The molecule has 1 aromatic heterocycles. The zero-order valence-electron chi connectivity index (χ0n) is 17.5. The van der Waals surface area contributed by atoms with Crippen LogP contribution in [0.5, 0.6) is 0 Å². The van der Waals surface area contributed by atoms with Crippen molar-refractivity contribution < 1.29 is 13.9 Å². The molecule has 0 spiro atoms. The third-order valence-corrected chi connectivity index (χ3v) is 6.67. The SMILES string of the molecule is COC(=O)CCC1CCC(n2ccn(-c3cc4c(cc3F)CCNCC4)c2=O)CC1. The number of halogens is 1. The number of fused-ring (bicyclic) bond motifs is 1. The van der Waals surface area contributed by atoms with Crippen molar-refractivity contribution in [3.63, 3.8) is 0 Å². The molecule has 1 N–H and O–H groups in total. The minimum Gasteiger partial charge on any atom is -0.469 e. The molecule has 30 heavy (non-hydrogen) atoms. The number of benzene rings is 1. The van der Waals surface area contributed by atoms with E-state index in [2.05, 4.69) is 5.32 Å². The molecule has 0 saturated heterocycles. The lowest BCUT2D eigenvalue weighted by Gasteiger charge is -2.28. The molecule has 162 valence electrons. The summed E-state index contributed by atoms with van der Waals surface area (Å²) in [5.74, 6) is -0.0141. The van der Waals surface area contributed by atoms with Crippen LogP contribution in [0.15, 0.2) is 29.3 Å². The smallest absolute Gasteiger partial charge is 0.333 e. The van der Waals surface area contributed by atoms with Gasteiger partial charge in [0.1, 0.15) is 5.82 Å². The number of carbonyl (C=O) groups is 1. The number of esters is 1. The van der Waals surface area contributed by atoms with Crippen molar-refractivity contribution in [3.8, 4) is 5.69 Å². The monoisotopic (exact) mass is 415 g/mol. The average Bonchev–Trinajstić information content (AvgIpc) is 2.99. The van der Waals surface area contributed by atoms with Gasteiger partial charge >= 0.3 is 11.7 Å². The third kappa shape index (κ3) is 4.36. The van der Waals surface area contributed by atoms with Gasteiger partial charge in [-0.25, -0.2) is 9.18 Å². The Morgan fingerprint density at radius 3 is 2.53 bits per heavy atom. The van der Waals surface area contributed by atoms with Crippen LogP contribution in [-0.2, 0) is 22.4 Å². The quantitative estimate of drug-likeness (QED) is 0.762. The zero-order valence-corrected chi connectivity index (χ0v) is 17.5. The summed E-state index contributed by atoms with van der Waals surface area (Å²) >= 11 is 0. The van der Waals surface area contributed by atoms with E-state index < -0.39 is 0 Å². The van der Waals surface area contributed by atoms with Crippen LogP contribution in [0.3, 0.4) is 0 Å². The van der Waals surface area contributed by atoms with Crippen molar-refractivity contribution in [2.24, 2.45) is 5.92 Å².